The molecule has 1 aliphatic carbocycles. The first-order chi connectivity index (χ1) is 14.4. The molecule has 162 valence electrons. The molecular formula is C23H32N4O3. The lowest BCUT2D eigenvalue weighted by molar-refractivity contribution is -0.135. The highest BCUT2D eigenvalue weighted by Crippen LogP contribution is 2.26. The van der Waals surface area contributed by atoms with Crippen molar-refractivity contribution in [2.24, 2.45) is 5.92 Å². The van der Waals surface area contributed by atoms with Crippen molar-refractivity contribution in [3.8, 4) is 5.69 Å². The maximum Gasteiger partial charge on any atom is 0.225 e. The first kappa shape index (κ1) is 22.0. The van der Waals surface area contributed by atoms with E-state index < -0.39 is 0 Å². The van der Waals surface area contributed by atoms with Gasteiger partial charge in [-0.25, -0.2) is 4.68 Å². The zero-order valence-electron chi connectivity index (χ0n) is 18.1. The molecule has 0 atom stereocenters. The van der Waals surface area contributed by atoms with Crippen molar-refractivity contribution in [2.75, 3.05) is 20.2 Å². The van der Waals surface area contributed by atoms with Gasteiger partial charge in [0.2, 0.25) is 11.8 Å². The van der Waals surface area contributed by atoms with Crippen LogP contribution in [0.25, 0.3) is 5.69 Å². The number of nitrogens with zero attached hydrogens (tertiary/aromatic N) is 3. The molecule has 30 heavy (non-hydrogen) atoms. The summed E-state index contributed by atoms with van der Waals surface area (Å²) >= 11 is 0. The van der Waals surface area contributed by atoms with Gasteiger partial charge in [0.15, 0.2) is 0 Å². The van der Waals surface area contributed by atoms with E-state index in [9.17, 15) is 9.59 Å². The minimum atomic E-state index is -0.0205. The molecule has 1 aliphatic rings. The highest BCUT2D eigenvalue weighted by Gasteiger charge is 2.29. The maximum atomic E-state index is 12.7. The maximum absolute atomic E-state index is 12.7. The van der Waals surface area contributed by atoms with Crippen LogP contribution < -0.4 is 5.32 Å². The minimum Gasteiger partial charge on any atom is -0.395 e. The topological polar surface area (TPSA) is 87.5 Å². The van der Waals surface area contributed by atoms with Crippen LogP contribution in [0.3, 0.4) is 0 Å². The van der Waals surface area contributed by atoms with E-state index in [2.05, 4.69) is 10.4 Å². The lowest BCUT2D eigenvalue weighted by Gasteiger charge is -2.30. The first-order valence-electron chi connectivity index (χ1n) is 10.7. The third kappa shape index (κ3) is 5.08. The molecule has 2 N–H and O–H groups in total. The molecule has 1 fully saturated rings. The number of aryl methyl sites for hydroxylation is 1. The Morgan fingerprint density at radius 2 is 1.83 bits per heavy atom. The van der Waals surface area contributed by atoms with Gasteiger partial charge in [-0.05, 0) is 51.7 Å². The van der Waals surface area contributed by atoms with Gasteiger partial charge in [0, 0.05) is 36.8 Å². The minimum absolute atomic E-state index is 0.000914. The van der Waals surface area contributed by atoms with E-state index >= 15 is 0 Å². The van der Waals surface area contributed by atoms with Gasteiger partial charge in [-0.15, -0.1) is 0 Å². The summed E-state index contributed by atoms with van der Waals surface area (Å²) < 4.78 is 1.89. The molecule has 0 saturated heterocycles. The van der Waals surface area contributed by atoms with E-state index in [-0.39, 0.29) is 30.4 Å². The molecule has 1 aromatic heterocycles. The summed E-state index contributed by atoms with van der Waals surface area (Å²) in [5, 5.41) is 16.8. The molecule has 1 saturated carbocycles. The molecule has 7 heteroatoms. The summed E-state index contributed by atoms with van der Waals surface area (Å²) in [6, 6.07) is 10.0. The third-order valence-corrected chi connectivity index (χ3v) is 6.03. The molecule has 0 radical (unpaired) electrons. The summed E-state index contributed by atoms with van der Waals surface area (Å²) in [4.78, 5) is 26.7. The molecule has 2 aromatic rings. The van der Waals surface area contributed by atoms with E-state index in [1.807, 2.05) is 48.9 Å². The van der Waals surface area contributed by atoms with E-state index in [0.29, 0.717) is 13.0 Å². The highest BCUT2D eigenvalue weighted by atomic mass is 16.3. The Bertz CT molecular complexity index is 870. The van der Waals surface area contributed by atoms with Crippen LogP contribution in [0, 0.1) is 19.8 Å². The number of aliphatic hydroxyl groups excluding tert-OH is 1. The Morgan fingerprint density at radius 1 is 1.17 bits per heavy atom. The quantitative estimate of drug-likeness (QED) is 0.730. The molecule has 3 rings (SSSR count). The van der Waals surface area contributed by atoms with Crippen molar-refractivity contribution in [1.29, 1.82) is 0 Å². The zero-order valence-corrected chi connectivity index (χ0v) is 18.1. The number of aromatic nitrogens is 2. The standard InChI is InChI=1S/C23H32N4O3/c1-16-21(17(2)27(25-16)20-7-5-4-6-8-20)15-22(29)24-19-11-9-18(10-12-19)23(30)26(3)13-14-28/h4-8,18-19,28H,9-15H2,1-3H3,(H,24,29). The van der Waals surface area contributed by atoms with Crippen molar-refractivity contribution in [1.82, 2.24) is 20.0 Å². The number of carbonyl (C=O) groups excluding carboxylic acids is 2. The van der Waals surface area contributed by atoms with Gasteiger partial charge in [-0.3, -0.25) is 9.59 Å². The largest absolute Gasteiger partial charge is 0.395 e. The van der Waals surface area contributed by atoms with Crippen LogP contribution in [0.2, 0.25) is 0 Å². The summed E-state index contributed by atoms with van der Waals surface area (Å²) in [7, 11) is 1.73. The predicted molar refractivity (Wildman–Crippen MR) is 115 cm³/mol. The SMILES string of the molecule is Cc1nn(-c2ccccc2)c(C)c1CC(=O)NC1CCC(C(=O)N(C)CCO)CC1. The van der Waals surface area contributed by atoms with Crippen LogP contribution in [0.4, 0.5) is 0 Å². The number of hydrogen-bond acceptors (Lipinski definition) is 4. The number of rotatable bonds is 7. The van der Waals surface area contributed by atoms with Gasteiger partial charge >= 0.3 is 0 Å². The van der Waals surface area contributed by atoms with E-state index in [4.69, 9.17) is 5.11 Å². The second-order valence-corrected chi connectivity index (χ2v) is 8.17. The molecule has 0 spiro atoms. The Balaban J connectivity index is 1.55. The van der Waals surface area contributed by atoms with Gasteiger partial charge < -0.3 is 15.3 Å². The molecule has 1 aromatic carbocycles. The summed E-state index contributed by atoms with van der Waals surface area (Å²) in [6.45, 7) is 4.28. The molecule has 2 amide bonds. The van der Waals surface area contributed by atoms with Crippen LogP contribution in [0.15, 0.2) is 30.3 Å². The smallest absolute Gasteiger partial charge is 0.225 e. The number of likely N-dealkylation sites (N-methyl/N-ethyl adjacent to an activating group) is 1. The number of para-hydroxylation sites is 1. The van der Waals surface area contributed by atoms with Crippen molar-refractivity contribution in [3.05, 3.63) is 47.3 Å². The van der Waals surface area contributed by atoms with Gasteiger partial charge in [0.1, 0.15) is 0 Å². The number of nitrogens with one attached hydrogen (secondary N) is 1. The Hall–Kier alpha value is -2.67. The average Bonchev–Trinajstić information content (AvgIpc) is 3.03. The molecule has 1 heterocycles. The predicted octanol–water partition coefficient (Wildman–Crippen LogP) is 2.16. The van der Waals surface area contributed by atoms with Gasteiger partial charge in [0.25, 0.3) is 0 Å². The molecule has 0 unspecified atom stereocenters. The Morgan fingerprint density at radius 3 is 2.47 bits per heavy atom. The lowest BCUT2D eigenvalue weighted by atomic mass is 9.85. The van der Waals surface area contributed by atoms with Crippen LogP contribution in [-0.4, -0.2) is 57.8 Å². The number of aliphatic hydroxyl groups is 1. The van der Waals surface area contributed by atoms with Crippen molar-refractivity contribution >= 4 is 11.8 Å². The van der Waals surface area contributed by atoms with Crippen molar-refractivity contribution < 1.29 is 14.7 Å². The summed E-state index contributed by atoms with van der Waals surface area (Å²) in [5.41, 5.74) is 3.80. The lowest BCUT2D eigenvalue weighted by Crippen LogP contribution is -2.42. The van der Waals surface area contributed by atoms with Crippen LogP contribution >= 0.6 is 0 Å². The first-order valence-corrected chi connectivity index (χ1v) is 10.7. The number of carbonyl (C=O) groups is 2. The van der Waals surface area contributed by atoms with E-state index in [1.165, 1.54) is 0 Å². The molecular weight excluding hydrogens is 380 g/mol. The van der Waals surface area contributed by atoms with Crippen LogP contribution in [0.5, 0.6) is 0 Å². The summed E-state index contributed by atoms with van der Waals surface area (Å²) in [5.74, 6) is 0.0812. The average molecular weight is 413 g/mol. The van der Waals surface area contributed by atoms with Crippen LogP contribution in [0.1, 0.15) is 42.6 Å². The number of hydrogen-bond donors (Lipinski definition) is 2. The number of benzene rings is 1. The molecule has 0 bridgehead atoms. The van der Waals surface area contributed by atoms with Gasteiger partial charge in [0.05, 0.1) is 24.4 Å². The second-order valence-electron chi connectivity index (χ2n) is 8.17. The zero-order chi connectivity index (χ0) is 21.7. The Labute approximate surface area is 178 Å². The fraction of sp³-hybridized carbons (Fsp3) is 0.522. The highest BCUT2D eigenvalue weighted by molar-refractivity contribution is 5.80. The molecule has 0 aliphatic heterocycles. The summed E-state index contributed by atoms with van der Waals surface area (Å²) in [6.07, 6.45) is 3.45. The second kappa shape index (κ2) is 9.89. The van der Waals surface area contributed by atoms with Crippen molar-refractivity contribution in [2.45, 2.75) is 52.0 Å². The van der Waals surface area contributed by atoms with Crippen LogP contribution in [-0.2, 0) is 16.0 Å². The number of amides is 2. The Kier molecular flexibility index (Phi) is 7.26. The van der Waals surface area contributed by atoms with Crippen molar-refractivity contribution in [3.63, 3.8) is 0 Å². The van der Waals surface area contributed by atoms with E-state index in [1.54, 1.807) is 11.9 Å². The van der Waals surface area contributed by atoms with Gasteiger partial charge in [-0.1, -0.05) is 18.2 Å². The van der Waals surface area contributed by atoms with E-state index in [0.717, 1.165) is 48.3 Å². The molecule has 7 nitrogen and oxygen atoms in total. The fourth-order valence-electron chi connectivity index (χ4n) is 4.25. The normalized spacial score (nSPS) is 18.8. The third-order valence-electron chi connectivity index (χ3n) is 6.03. The van der Waals surface area contributed by atoms with Gasteiger partial charge in [-0.2, -0.15) is 5.10 Å². The monoisotopic (exact) mass is 412 g/mol. The fourth-order valence-corrected chi connectivity index (χ4v) is 4.25.